The number of amides is 2. The van der Waals surface area contributed by atoms with Crippen molar-refractivity contribution in [3.05, 3.63) is 65.2 Å². The Kier molecular flexibility index (Phi) is 6.85. The Bertz CT molecular complexity index is 808. The summed E-state index contributed by atoms with van der Waals surface area (Å²) in [7, 11) is 0. The van der Waals surface area contributed by atoms with E-state index in [9.17, 15) is 9.59 Å². The van der Waals surface area contributed by atoms with Crippen LogP contribution in [0, 0.1) is 12.8 Å². The van der Waals surface area contributed by atoms with Gasteiger partial charge in [0.1, 0.15) is 0 Å². The maximum Gasteiger partial charge on any atom is 0.230 e. The minimum absolute atomic E-state index is 0.0221. The fourth-order valence-electron chi connectivity index (χ4n) is 3.92. The minimum Gasteiger partial charge on any atom is -0.356 e. The molecule has 148 valence electrons. The van der Waals surface area contributed by atoms with Crippen LogP contribution in [0.1, 0.15) is 49.3 Å². The van der Waals surface area contributed by atoms with Crippen molar-refractivity contribution >= 4 is 17.5 Å². The highest BCUT2D eigenvalue weighted by Gasteiger charge is 2.28. The summed E-state index contributed by atoms with van der Waals surface area (Å²) in [4.78, 5) is 27.0. The van der Waals surface area contributed by atoms with Crippen LogP contribution in [-0.4, -0.2) is 18.4 Å². The Balaban J connectivity index is 1.81. The van der Waals surface area contributed by atoms with Gasteiger partial charge in [0.25, 0.3) is 0 Å². The third-order valence-corrected chi connectivity index (χ3v) is 5.38. The third kappa shape index (κ3) is 5.22. The number of benzene rings is 2. The highest BCUT2D eigenvalue weighted by atomic mass is 16.2. The molecular formula is C24H30N2O2. The number of anilines is 1. The van der Waals surface area contributed by atoms with Crippen LogP contribution in [0.4, 0.5) is 5.69 Å². The Hall–Kier alpha value is -2.62. The molecule has 2 aromatic rings. The van der Waals surface area contributed by atoms with Crippen molar-refractivity contribution in [1.29, 1.82) is 0 Å². The lowest BCUT2D eigenvalue weighted by atomic mass is 10.0. The minimum atomic E-state index is 0.0221. The summed E-state index contributed by atoms with van der Waals surface area (Å²) >= 11 is 0. The molecule has 0 saturated heterocycles. The van der Waals surface area contributed by atoms with Gasteiger partial charge in [0.2, 0.25) is 11.8 Å². The number of rotatable bonds is 7. The van der Waals surface area contributed by atoms with Gasteiger partial charge in [-0.2, -0.15) is 0 Å². The molecule has 2 aromatic carbocycles. The average molecular weight is 379 g/mol. The quantitative estimate of drug-likeness (QED) is 0.776. The fourth-order valence-corrected chi connectivity index (χ4v) is 3.92. The van der Waals surface area contributed by atoms with Gasteiger partial charge in [0, 0.05) is 18.2 Å². The standard InChI is InChI=1S/C24H30N2O2/c1-3-25-23(27)16-19-11-13-22(14-12-19)26(24(28)21-9-4-5-10-21)17-20-8-6-7-18(2)15-20/h6-8,11-15,21H,3-5,9-10,16-17H2,1-2H3,(H,25,27). The highest BCUT2D eigenvalue weighted by Crippen LogP contribution is 2.30. The van der Waals surface area contributed by atoms with Crippen LogP contribution >= 0.6 is 0 Å². The molecule has 4 nitrogen and oxygen atoms in total. The summed E-state index contributed by atoms with van der Waals surface area (Å²) in [6.07, 6.45) is 4.61. The molecule has 0 atom stereocenters. The number of likely N-dealkylation sites (N-methyl/N-ethyl adjacent to an activating group) is 1. The van der Waals surface area contributed by atoms with E-state index in [-0.39, 0.29) is 17.7 Å². The van der Waals surface area contributed by atoms with Crippen LogP contribution in [0.5, 0.6) is 0 Å². The van der Waals surface area contributed by atoms with Crippen molar-refractivity contribution in [2.24, 2.45) is 5.92 Å². The predicted molar refractivity (Wildman–Crippen MR) is 113 cm³/mol. The number of carbonyl (C=O) groups is 2. The summed E-state index contributed by atoms with van der Waals surface area (Å²) in [5.74, 6) is 0.365. The summed E-state index contributed by atoms with van der Waals surface area (Å²) in [5.41, 5.74) is 4.19. The second-order valence-corrected chi connectivity index (χ2v) is 7.69. The first-order valence-corrected chi connectivity index (χ1v) is 10.3. The average Bonchev–Trinajstić information content (AvgIpc) is 3.21. The van der Waals surface area contributed by atoms with E-state index in [0.29, 0.717) is 19.5 Å². The number of aryl methyl sites for hydroxylation is 1. The molecule has 0 spiro atoms. The zero-order chi connectivity index (χ0) is 19.9. The van der Waals surface area contributed by atoms with Crippen LogP contribution in [-0.2, 0) is 22.6 Å². The molecule has 1 saturated carbocycles. The van der Waals surface area contributed by atoms with Crippen LogP contribution in [0.25, 0.3) is 0 Å². The molecule has 0 unspecified atom stereocenters. The molecule has 0 bridgehead atoms. The van der Waals surface area contributed by atoms with Gasteiger partial charge in [0.15, 0.2) is 0 Å². The first-order valence-electron chi connectivity index (χ1n) is 10.3. The van der Waals surface area contributed by atoms with Crippen LogP contribution in [0.3, 0.4) is 0 Å². The lowest BCUT2D eigenvalue weighted by Crippen LogP contribution is -2.35. The van der Waals surface area contributed by atoms with Crippen molar-refractivity contribution in [2.75, 3.05) is 11.4 Å². The van der Waals surface area contributed by atoms with E-state index in [0.717, 1.165) is 42.5 Å². The molecule has 0 radical (unpaired) electrons. The van der Waals surface area contributed by atoms with Gasteiger partial charge in [-0.1, -0.05) is 54.8 Å². The van der Waals surface area contributed by atoms with E-state index in [1.54, 1.807) is 0 Å². The second-order valence-electron chi connectivity index (χ2n) is 7.69. The van der Waals surface area contributed by atoms with Crippen molar-refractivity contribution in [3.8, 4) is 0 Å². The molecule has 2 amide bonds. The lowest BCUT2D eigenvalue weighted by Gasteiger charge is -2.26. The van der Waals surface area contributed by atoms with E-state index in [2.05, 4.69) is 30.4 Å². The Morgan fingerprint density at radius 3 is 2.39 bits per heavy atom. The topological polar surface area (TPSA) is 49.4 Å². The van der Waals surface area contributed by atoms with Gasteiger partial charge in [-0.3, -0.25) is 9.59 Å². The second kappa shape index (κ2) is 9.54. The van der Waals surface area contributed by atoms with Crippen LogP contribution in [0.15, 0.2) is 48.5 Å². The Morgan fingerprint density at radius 1 is 1.04 bits per heavy atom. The smallest absolute Gasteiger partial charge is 0.230 e. The van der Waals surface area contributed by atoms with E-state index >= 15 is 0 Å². The van der Waals surface area contributed by atoms with Crippen molar-refractivity contribution in [3.63, 3.8) is 0 Å². The number of nitrogens with one attached hydrogen (secondary N) is 1. The van der Waals surface area contributed by atoms with Gasteiger partial charge >= 0.3 is 0 Å². The molecule has 4 heteroatoms. The number of nitrogens with zero attached hydrogens (tertiary/aromatic N) is 1. The Labute approximate surface area is 167 Å². The third-order valence-electron chi connectivity index (χ3n) is 5.38. The molecule has 0 aromatic heterocycles. The Morgan fingerprint density at radius 2 is 1.75 bits per heavy atom. The van der Waals surface area contributed by atoms with E-state index in [4.69, 9.17) is 0 Å². The molecule has 28 heavy (non-hydrogen) atoms. The monoisotopic (exact) mass is 378 g/mol. The van der Waals surface area contributed by atoms with Crippen molar-refractivity contribution in [1.82, 2.24) is 5.32 Å². The molecule has 0 aliphatic heterocycles. The zero-order valence-electron chi connectivity index (χ0n) is 16.9. The van der Waals surface area contributed by atoms with Gasteiger partial charge in [-0.15, -0.1) is 0 Å². The van der Waals surface area contributed by atoms with Gasteiger partial charge in [-0.25, -0.2) is 0 Å². The first-order chi connectivity index (χ1) is 13.6. The molecule has 1 N–H and O–H groups in total. The number of hydrogen-bond acceptors (Lipinski definition) is 2. The molecule has 1 fully saturated rings. The van der Waals surface area contributed by atoms with Crippen molar-refractivity contribution < 1.29 is 9.59 Å². The SMILES string of the molecule is CCNC(=O)Cc1ccc(N(Cc2cccc(C)c2)C(=O)C2CCCC2)cc1. The largest absolute Gasteiger partial charge is 0.356 e. The normalized spacial score (nSPS) is 14.1. The maximum atomic E-state index is 13.2. The fraction of sp³-hybridized carbons (Fsp3) is 0.417. The molecule has 3 rings (SSSR count). The van der Waals surface area contributed by atoms with Crippen molar-refractivity contribution in [2.45, 2.75) is 52.5 Å². The summed E-state index contributed by atoms with van der Waals surface area (Å²) in [5, 5.41) is 2.82. The summed E-state index contributed by atoms with van der Waals surface area (Å²) in [6, 6.07) is 16.2. The summed E-state index contributed by atoms with van der Waals surface area (Å²) < 4.78 is 0. The molecule has 1 aliphatic carbocycles. The molecular weight excluding hydrogens is 348 g/mol. The van der Waals surface area contributed by atoms with Gasteiger partial charge in [0.05, 0.1) is 13.0 Å². The predicted octanol–water partition coefficient (Wildman–Crippen LogP) is 4.40. The molecule has 0 heterocycles. The van der Waals surface area contributed by atoms with E-state index in [1.165, 1.54) is 5.56 Å². The lowest BCUT2D eigenvalue weighted by molar-refractivity contribution is -0.122. The van der Waals surface area contributed by atoms with Gasteiger partial charge in [-0.05, 0) is 49.9 Å². The van der Waals surface area contributed by atoms with Gasteiger partial charge < -0.3 is 10.2 Å². The maximum absolute atomic E-state index is 13.2. The zero-order valence-corrected chi connectivity index (χ0v) is 16.9. The molecule has 1 aliphatic rings. The highest BCUT2D eigenvalue weighted by molar-refractivity contribution is 5.95. The summed E-state index contributed by atoms with van der Waals surface area (Å²) in [6.45, 7) is 5.20. The van der Waals surface area contributed by atoms with Crippen LogP contribution < -0.4 is 10.2 Å². The van der Waals surface area contributed by atoms with E-state index in [1.807, 2.05) is 42.2 Å². The first kappa shape index (κ1) is 20.1. The van der Waals surface area contributed by atoms with Crippen LogP contribution in [0.2, 0.25) is 0 Å². The number of carbonyl (C=O) groups excluding carboxylic acids is 2. The van der Waals surface area contributed by atoms with E-state index < -0.39 is 0 Å². The number of hydrogen-bond donors (Lipinski definition) is 1.